The van der Waals surface area contributed by atoms with Crippen molar-refractivity contribution in [2.75, 3.05) is 5.32 Å². The van der Waals surface area contributed by atoms with Crippen molar-refractivity contribution in [3.8, 4) is 11.3 Å². The number of hydrogen-bond acceptors (Lipinski definition) is 5. The fourth-order valence-corrected chi connectivity index (χ4v) is 3.72. The summed E-state index contributed by atoms with van der Waals surface area (Å²) in [5.41, 5.74) is 2.94. The summed E-state index contributed by atoms with van der Waals surface area (Å²) in [6, 6.07) is 21.7. The first kappa shape index (κ1) is 19.9. The number of pyridine rings is 1. The van der Waals surface area contributed by atoms with Crippen LogP contribution in [0.2, 0.25) is 0 Å². The molecule has 2 aromatic heterocycles. The van der Waals surface area contributed by atoms with Crippen molar-refractivity contribution < 1.29 is 9.21 Å². The number of amides is 1. The van der Waals surface area contributed by atoms with Crippen molar-refractivity contribution in [2.24, 2.45) is 0 Å². The normalized spacial score (nSPS) is 10.7. The molecular formula is C24H21N3O2S. The quantitative estimate of drug-likeness (QED) is 0.379. The van der Waals surface area contributed by atoms with Gasteiger partial charge in [0, 0.05) is 47.1 Å². The Kier molecular flexibility index (Phi) is 6.57. The van der Waals surface area contributed by atoms with Gasteiger partial charge in [-0.05, 0) is 35.9 Å². The molecule has 0 atom stereocenters. The molecule has 4 rings (SSSR count). The maximum Gasteiger partial charge on any atom is 0.224 e. The monoisotopic (exact) mass is 415 g/mol. The summed E-state index contributed by atoms with van der Waals surface area (Å²) in [5.74, 6) is 2.07. The molecule has 2 heterocycles. The van der Waals surface area contributed by atoms with Gasteiger partial charge in [0.1, 0.15) is 0 Å². The van der Waals surface area contributed by atoms with Crippen LogP contribution >= 0.6 is 11.8 Å². The summed E-state index contributed by atoms with van der Waals surface area (Å²) < 4.78 is 5.75. The maximum absolute atomic E-state index is 12.3. The van der Waals surface area contributed by atoms with E-state index in [4.69, 9.17) is 4.42 Å². The molecule has 0 bridgehead atoms. The predicted molar refractivity (Wildman–Crippen MR) is 119 cm³/mol. The molecule has 2 aromatic carbocycles. The van der Waals surface area contributed by atoms with Crippen LogP contribution in [0.3, 0.4) is 0 Å². The summed E-state index contributed by atoms with van der Waals surface area (Å²) in [7, 11) is 0. The molecule has 0 radical (unpaired) electrons. The fraction of sp³-hybridized carbons (Fsp3) is 0.125. The molecule has 0 fully saturated rings. The number of thioether (sulfide) groups is 1. The molecule has 0 aliphatic heterocycles. The number of rotatable bonds is 8. The van der Waals surface area contributed by atoms with Gasteiger partial charge in [0.15, 0.2) is 11.7 Å². The summed E-state index contributed by atoms with van der Waals surface area (Å²) in [5, 5.41) is 2.92. The number of benzene rings is 2. The van der Waals surface area contributed by atoms with Crippen LogP contribution in [0, 0.1) is 0 Å². The molecule has 0 aliphatic carbocycles. The van der Waals surface area contributed by atoms with Crippen LogP contribution in [0.25, 0.3) is 11.3 Å². The minimum Gasteiger partial charge on any atom is -0.441 e. The van der Waals surface area contributed by atoms with E-state index in [1.807, 2.05) is 66.9 Å². The van der Waals surface area contributed by atoms with E-state index in [-0.39, 0.29) is 5.91 Å². The minimum atomic E-state index is -0.0646. The zero-order chi connectivity index (χ0) is 20.6. The van der Waals surface area contributed by atoms with Crippen LogP contribution in [-0.4, -0.2) is 15.9 Å². The molecule has 0 saturated heterocycles. The Labute approximate surface area is 179 Å². The molecule has 5 nitrogen and oxygen atoms in total. The number of oxazole rings is 1. The minimum absolute atomic E-state index is 0.0646. The summed E-state index contributed by atoms with van der Waals surface area (Å²) in [6.45, 7) is 0. The molecule has 4 aromatic rings. The Balaban J connectivity index is 1.24. The molecular weight excluding hydrogens is 394 g/mol. The third-order valence-electron chi connectivity index (χ3n) is 4.44. The first-order valence-corrected chi connectivity index (χ1v) is 10.7. The lowest BCUT2D eigenvalue weighted by Crippen LogP contribution is -2.12. The van der Waals surface area contributed by atoms with Crippen LogP contribution in [0.4, 0.5) is 5.69 Å². The smallest absolute Gasteiger partial charge is 0.224 e. The molecule has 30 heavy (non-hydrogen) atoms. The van der Waals surface area contributed by atoms with E-state index >= 15 is 0 Å². The Bertz CT molecular complexity index is 1080. The molecule has 1 N–H and O–H groups in total. The number of carbonyl (C=O) groups excluding carboxylic acids is 1. The third-order valence-corrected chi connectivity index (χ3v) is 5.53. The average Bonchev–Trinajstić information content (AvgIpc) is 3.28. The van der Waals surface area contributed by atoms with Crippen LogP contribution in [0.15, 0.2) is 94.6 Å². The Morgan fingerprint density at radius 1 is 0.967 bits per heavy atom. The first-order chi connectivity index (χ1) is 14.8. The lowest BCUT2D eigenvalue weighted by molar-refractivity contribution is -0.116. The van der Waals surface area contributed by atoms with Crippen molar-refractivity contribution in [1.82, 2.24) is 9.97 Å². The second-order valence-electron chi connectivity index (χ2n) is 6.71. The Morgan fingerprint density at radius 3 is 2.57 bits per heavy atom. The number of nitrogens with one attached hydrogen (secondary N) is 1. The van der Waals surface area contributed by atoms with Gasteiger partial charge in [-0.1, -0.05) is 36.4 Å². The van der Waals surface area contributed by atoms with Gasteiger partial charge >= 0.3 is 0 Å². The standard InChI is InChI=1S/C24H21N3O2S/c28-23(12-13-24-26-16-22(29-24)19-6-2-1-3-7-19)27-20-8-10-21(11-9-20)30-17-18-5-4-14-25-15-18/h1-11,14-16H,12-13,17H2,(H,27,28). The summed E-state index contributed by atoms with van der Waals surface area (Å²) in [4.78, 5) is 21.8. The molecule has 1 amide bonds. The summed E-state index contributed by atoms with van der Waals surface area (Å²) >= 11 is 1.74. The number of carbonyl (C=O) groups is 1. The van der Waals surface area contributed by atoms with Gasteiger partial charge in [-0.25, -0.2) is 4.98 Å². The Hall–Kier alpha value is -3.38. The van der Waals surface area contributed by atoms with Gasteiger partial charge in [0.05, 0.1) is 6.20 Å². The highest BCUT2D eigenvalue weighted by atomic mass is 32.2. The van der Waals surface area contributed by atoms with Crippen molar-refractivity contribution in [3.63, 3.8) is 0 Å². The number of nitrogens with zero attached hydrogens (tertiary/aromatic N) is 2. The van der Waals surface area contributed by atoms with E-state index in [2.05, 4.69) is 21.4 Å². The highest BCUT2D eigenvalue weighted by Crippen LogP contribution is 2.24. The van der Waals surface area contributed by atoms with Crippen molar-refractivity contribution >= 4 is 23.4 Å². The first-order valence-electron chi connectivity index (χ1n) is 9.68. The highest BCUT2D eigenvalue weighted by Gasteiger charge is 2.09. The van der Waals surface area contributed by atoms with Gasteiger partial charge in [-0.15, -0.1) is 11.8 Å². The maximum atomic E-state index is 12.3. The van der Waals surface area contributed by atoms with Gasteiger partial charge in [0.25, 0.3) is 0 Å². The van der Waals surface area contributed by atoms with E-state index in [1.165, 1.54) is 5.56 Å². The molecule has 0 aliphatic rings. The van der Waals surface area contributed by atoms with Crippen LogP contribution in [0.5, 0.6) is 0 Å². The fourth-order valence-electron chi connectivity index (χ4n) is 2.89. The summed E-state index contributed by atoms with van der Waals surface area (Å²) in [6.07, 6.45) is 6.11. The van der Waals surface area contributed by atoms with Gasteiger partial charge in [0.2, 0.25) is 5.91 Å². The topological polar surface area (TPSA) is 68.0 Å². The molecule has 0 spiro atoms. The molecule has 0 unspecified atom stereocenters. The lowest BCUT2D eigenvalue weighted by atomic mass is 10.2. The largest absolute Gasteiger partial charge is 0.441 e. The lowest BCUT2D eigenvalue weighted by Gasteiger charge is -2.06. The van der Waals surface area contributed by atoms with Gasteiger partial charge in [-0.3, -0.25) is 9.78 Å². The number of aryl methyl sites for hydroxylation is 1. The van der Waals surface area contributed by atoms with Crippen molar-refractivity contribution in [3.05, 3.63) is 96.8 Å². The second-order valence-corrected chi connectivity index (χ2v) is 7.76. The van der Waals surface area contributed by atoms with Crippen molar-refractivity contribution in [2.45, 2.75) is 23.5 Å². The SMILES string of the molecule is O=C(CCc1ncc(-c2ccccc2)o1)Nc1ccc(SCc2cccnc2)cc1. The third kappa shape index (κ3) is 5.58. The van der Waals surface area contributed by atoms with E-state index in [0.717, 1.165) is 21.9 Å². The zero-order valence-corrected chi connectivity index (χ0v) is 17.1. The highest BCUT2D eigenvalue weighted by molar-refractivity contribution is 7.98. The molecule has 150 valence electrons. The van der Waals surface area contributed by atoms with E-state index in [0.29, 0.717) is 24.5 Å². The second kappa shape index (κ2) is 9.89. The van der Waals surface area contributed by atoms with E-state index in [9.17, 15) is 4.79 Å². The van der Waals surface area contributed by atoms with E-state index in [1.54, 1.807) is 24.2 Å². The number of hydrogen-bond donors (Lipinski definition) is 1. The number of aromatic nitrogens is 2. The van der Waals surface area contributed by atoms with Crippen LogP contribution < -0.4 is 5.32 Å². The van der Waals surface area contributed by atoms with Gasteiger partial charge < -0.3 is 9.73 Å². The molecule has 0 saturated carbocycles. The predicted octanol–water partition coefficient (Wildman–Crippen LogP) is 5.60. The molecule has 6 heteroatoms. The van der Waals surface area contributed by atoms with Gasteiger partial charge in [-0.2, -0.15) is 0 Å². The van der Waals surface area contributed by atoms with Crippen LogP contribution in [-0.2, 0) is 17.0 Å². The van der Waals surface area contributed by atoms with Crippen molar-refractivity contribution in [1.29, 1.82) is 0 Å². The van der Waals surface area contributed by atoms with E-state index < -0.39 is 0 Å². The van der Waals surface area contributed by atoms with Crippen LogP contribution in [0.1, 0.15) is 17.9 Å². The Morgan fingerprint density at radius 2 is 1.80 bits per heavy atom. The average molecular weight is 416 g/mol. The number of anilines is 1. The zero-order valence-electron chi connectivity index (χ0n) is 16.3.